The maximum absolute atomic E-state index is 12.1. The van der Waals surface area contributed by atoms with E-state index in [4.69, 9.17) is 5.73 Å². The van der Waals surface area contributed by atoms with Gasteiger partial charge in [-0.3, -0.25) is 4.79 Å². The number of sulfonamides is 1. The van der Waals surface area contributed by atoms with Gasteiger partial charge in [-0.25, -0.2) is 13.1 Å². The summed E-state index contributed by atoms with van der Waals surface area (Å²) < 4.78 is 26.4. The van der Waals surface area contributed by atoms with E-state index in [1.807, 2.05) is 0 Å². The first-order valence-corrected chi connectivity index (χ1v) is 13.3. The summed E-state index contributed by atoms with van der Waals surface area (Å²) in [4.78, 5) is 12.0. The minimum absolute atomic E-state index is 0. The molecule has 1 aromatic rings. The molecule has 0 saturated heterocycles. The van der Waals surface area contributed by atoms with E-state index in [2.05, 4.69) is 11.6 Å². The normalized spacial score (nSPS) is 11.1. The van der Waals surface area contributed by atoms with Gasteiger partial charge in [0.05, 0.1) is 4.90 Å². The van der Waals surface area contributed by atoms with Gasteiger partial charge < -0.3 is 5.73 Å². The van der Waals surface area contributed by atoms with Crippen molar-refractivity contribution >= 4 is 59.4 Å². The molecule has 0 aliphatic rings. The van der Waals surface area contributed by atoms with Crippen molar-refractivity contribution in [1.29, 1.82) is 0 Å². The summed E-state index contributed by atoms with van der Waals surface area (Å²) in [6.45, 7) is 2.26. The summed E-state index contributed by atoms with van der Waals surface area (Å²) in [7, 11) is -3.80. The quantitative estimate of drug-likeness (QED) is 0.167. The molecule has 0 saturated carbocycles. The molecular weight excluding hydrogens is 436 g/mol. The summed E-state index contributed by atoms with van der Waals surface area (Å²) >= 11 is 0. The molecule has 31 heavy (non-hydrogen) atoms. The molecule has 3 N–H and O–H groups in total. The van der Waals surface area contributed by atoms with Crippen LogP contribution < -0.4 is 10.5 Å². The summed E-state index contributed by atoms with van der Waals surface area (Å²) in [6.07, 6.45) is 19.2. The van der Waals surface area contributed by atoms with Crippen LogP contribution >= 0.6 is 0 Å². The van der Waals surface area contributed by atoms with Crippen molar-refractivity contribution in [3.05, 3.63) is 24.3 Å². The molecule has 1 rings (SSSR count). The van der Waals surface area contributed by atoms with E-state index < -0.39 is 15.9 Å². The van der Waals surface area contributed by atoms with Crippen LogP contribution in [-0.2, 0) is 14.8 Å². The third-order valence-electron chi connectivity index (χ3n) is 5.45. The van der Waals surface area contributed by atoms with Gasteiger partial charge in [-0.1, -0.05) is 96.8 Å². The van der Waals surface area contributed by atoms with Crippen LogP contribution in [0.25, 0.3) is 0 Å². The van der Waals surface area contributed by atoms with Gasteiger partial charge in [-0.2, -0.15) is 0 Å². The number of nitrogens with one attached hydrogen (secondary N) is 1. The van der Waals surface area contributed by atoms with Crippen LogP contribution in [0.2, 0.25) is 0 Å². The van der Waals surface area contributed by atoms with Gasteiger partial charge >= 0.3 is 37.7 Å². The van der Waals surface area contributed by atoms with E-state index in [1.54, 1.807) is 0 Å². The Labute approximate surface area is 220 Å². The van der Waals surface area contributed by atoms with Gasteiger partial charge in [-0.15, -0.1) is 0 Å². The second-order valence-electron chi connectivity index (χ2n) is 8.30. The molecule has 0 fully saturated rings. The fraction of sp³-hybridized carbons (Fsp3) is 0.708. The minimum atomic E-state index is -3.80. The van der Waals surface area contributed by atoms with Crippen molar-refractivity contribution in [2.45, 2.75) is 115 Å². The molecule has 5 nitrogen and oxygen atoms in total. The Hall–Kier alpha value is -0.300. The fourth-order valence-corrected chi connectivity index (χ4v) is 4.58. The van der Waals surface area contributed by atoms with Crippen LogP contribution in [0.5, 0.6) is 0 Å². The maximum atomic E-state index is 12.1. The molecule has 0 bridgehead atoms. The van der Waals surface area contributed by atoms with Crippen molar-refractivity contribution in [3.63, 3.8) is 0 Å². The number of hydrogen-bond donors (Lipinski definition) is 2. The van der Waals surface area contributed by atoms with Crippen LogP contribution in [0.1, 0.15) is 110 Å². The van der Waals surface area contributed by atoms with Crippen LogP contribution in [0, 0.1) is 0 Å². The average molecular weight is 481 g/mol. The van der Waals surface area contributed by atoms with Crippen molar-refractivity contribution in [2.24, 2.45) is 0 Å². The van der Waals surface area contributed by atoms with Gasteiger partial charge in [0.15, 0.2) is 0 Å². The monoisotopic (exact) mass is 480 g/mol. The van der Waals surface area contributed by atoms with Crippen LogP contribution in [-0.4, -0.2) is 52.1 Å². The third kappa shape index (κ3) is 16.0. The zero-order valence-corrected chi connectivity index (χ0v) is 19.6. The second kappa shape index (κ2) is 19.2. The van der Waals surface area contributed by atoms with Crippen LogP contribution in [0.3, 0.4) is 0 Å². The summed E-state index contributed by atoms with van der Waals surface area (Å²) in [5.41, 5.74) is 6.04. The molecule has 7 heteroatoms. The van der Waals surface area contributed by atoms with E-state index in [1.165, 1.54) is 101 Å². The van der Waals surface area contributed by atoms with E-state index >= 15 is 0 Å². The Morgan fingerprint density at radius 2 is 1.13 bits per heavy atom. The molecule has 1 aromatic carbocycles. The van der Waals surface area contributed by atoms with Crippen molar-refractivity contribution in [1.82, 2.24) is 4.72 Å². The number of unbranched alkanes of at least 4 members (excludes halogenated alkanes) is 14. The fourth-order valence-electron chi connectivity index (χ4n) is 3.56. The molecule has 0 aromatic heterocycles. The molecule has 0 heterocycles. The van der Waals surface area contributed by atoms with E-state index in [0.29, 0.717) is 5.69 Å². The molecule has 0 unspecified atom stereocenters. The first kappa shape index (κ1) is 30.7. The number of hydrogen-bond acceptors (Lipinski definition) is 4. The predicted molar refractivity (Wildman–Crippen MR) is 134 cm³/mol. The van der Waals surface area contributed by atoms with Crippen molar-refractivity contribution in [2.75, 3.05) is 5.73 Å². The average Bonchev–Trinajstić information content (AvgIpc) is 2.71. The summed E-state index contributed by atoms with van der Waals surface area (Å²) in [6, 6.07) is 5.82. The van der Waals surface area contributed by atoms with Crippen LogP contribution in [0.15, 0.2) is 29.2 Å². The number of anilines is 1. The zero-order chi connectivity index (χ0) is 22.1. The van der Waals surface area contributed by atoms with Crippen LogP contribution in [0.4, 0.5) is 5.69 Å². The molecule has 0 aliphatic carbocycles. The van der Waals surface area contributed by atoms with Gasteiger partial charge in [0.25, 0.3) is 10.0 Å². The Balaban J connectivity index is 0.00000900. The first-order valence-electron chi connectivity index (χ1n) is 11.9. The SMILES string of the molecule is CCCCCCCCCCCCCCCCCC(=O)NS(=O)(=O)c1ccc(N)cc1.[CaH2]. The number of benzene rings is 1. The third-order valence-corrected chi connectivity index (χ3v) is 6.84. The Morgan fingerprint density at radius 1 is 0.742 bits per heavy atom. The zero-order valence-electron chi connectivity index (χ0n) is 18.8. The number of nitrogen functional groups attached to an aromatic ring is 1. The number of carbonyl (C=O) groups is 1. The summed E-state index contributed by atoms with van der Waals surface area (Å²) in [5.74, 6) is -0.443. The van der Waals surface area contributed by atoms with E-state index in [9.17, 15) is 13.2 Å². The predicted octanol–water partition coefficient (Wildman–Crippen LogP) is 5.42. The Bertz CT molecular complexity index is 679. The second-order valence-corrected chi connectivity index (χ2v) is 9.98. The molecule has 0 radical (unpaired) electrons. The molecule has 0 aliphatic heterocycles. The van der Waals surface area contributed by atoms with Crippen molar-refractivity contribution < 1.29 is 13.2 Å². The Morgan fingerprint density at radius 3 is 1.55 bits per heavy atom. The van der Waals surface area contributed by atoms with Gasteiger partial charge in [-0.05, 0) is 30.7 Å². The van der Waals surface area contributed by atoms with E-state index in [0.717, 1.165) is 19.3 Å². The Kier molecular flexibility index (Phi) is 19.0. The molecular formula is C24H44CaN2O3S. The molecule has 0 spiro atoms. The molecule has 1 amide bonds. The van der Waals surface area contributed by atoms with E-state index in [-0.39, 0.29) is 49.1 Å². The topological polar surface area (TPSA) is 89.3 Å². The number of amides is 1. The number of carbonyl (C=O) groups excluding carboxylic acids is 1. The standard InChI is InChI=1S/C24H42N2O3S.Ca.2H/c1-2-3-4-5-6-7-8-9-10-11-12-13-14-15-16-17-24(27)26-30(28,29)23-20-18-22(25)19-21-23;;;/h18-21H,2-17,25H2,1H3,(H,26,27);;;. The molecule has 176 valence electrons. The molecule has 0 atom stereocenters. The first-order chi connectivity index (χ1) is 14.5. The van der Waals surface area contributed by atoms with Gasteiger partial charge in [0.2, 0.25) is 5.91 Å². The number of rotatable bonds is 18. The summed E-state index contributed by atoms with van der Waals surface area (Å²) in [5, 5.41) is 0. The van der Waals surface area contributed by atoms with Gasteiger partial charge in [0.1, 0.15) is 0 Å². The van der Waals surface area contributed by atoms with Gasteiger partial charge in [0, 0.05) is 12.1 Å². The van der Waals surface area contributed by atoms with Crippen molar-refractivity contribution in [3.8, 4) is 0 Å². The number of nitrogens with two attached hydrogens (primary N) is 1.